The van der Waals surface area contributed by atoms with E-state index < -0.39 is 0 Å². The van der Waals surface area contributed by atoms with Gasteiger partial charge in [0.25, 0.3) is 0 Å². The molecule has 14 heavy (non-hydrogen) atoms. The van der Waals surface area contributed by atoms with Gasteiger partial charge in [-0.05, 0) is 45.1 Å². The molecule has 0 saturated heterocycles. The molecule has 0 atom stereocenters. The van der Waals surface area contributed by atoms with Crippen LogP contribution in [0.4, 0.5) is 0 Å². The van der Waals surface area contributed by atoms with Crippen molar-refractivity contribution in [3.05, 3.63) is 11.7 Å². The summed E-state index contributed by atoms with van der Waals surface area (Å²) in [5, 5.41) is 3.82. The minimum Gasteiger partial charge on any atom is -0.339 e. The smallest absolute Gasteiger partial charge is 0.229 e. The minimum absolute atomic E-state index is 0.471. The average molecular weight is 195 g/mol. The summed E-state index contributed by atoms with van der Waals surface area (Å²) in [7, 11) is 0. The van der Waals surface area contributed by atoms with E-state index in [2.05, 4.69) is 10.1 Å². The van der Waals surface area contributed by atoms with Crippen LogP contribution in [0, 0.1) is 12.8 Å². The maximum absolute atomic E-state index is 5.64. The second kappa shape index (κ2) is 4.09. The molecule has 1 fully saturated rings. The molecule has 2 N–H and O–H groups in total. The largest absolute Gasteiger partial charge is 0.339 e. The number of aromatic nitrogens is 2. The Labute approximate surface area is 83.9 Å². The van der Waals surface area contributed by atoms with Crippen molar-refractivity contribution in [2.45, 2.75) is 38.5 Å². The maximum Gasteiger partial charge on any atom is 0.229 e. The highest BCUT2D eigenvalue weighted by Gasteiger charge is 2.25. The van der Waals surface area contributed by atoms with Crippen LogP contribution in [0.25, 0.3) is 0 Å². The SMILES string of the molecule is Cc1noc(C2CCC(CN)CC2)n1. The van der Waals surface area contributed by atoms with Crippen LogP contribution in [0.2, 0.25) is 0 Å². The lowest BCUT2D eigenvalue weighted by atomic mass is 9.82. The Morgan fingerprint density at radius 1 is 1.36 bits per heavy atom. The summed E-state index contributed by atoms with van der Waals surface area (Å²) in [5.74, 6) is 2.73. The van der Waals surface area contributed by atoms with E-state index in [1.165, 1.54) is 12.8 Å². The van der Waals surface area contributed by atoms with Crippen LogP contribution in [0.15, 0.2) is 4.52 Å². The Balaban J connectivity index is 1.95. The van der Waals surface area contributed by atoms with Crippen molar-refractivity contribution < 1.29 is 4.52 Å². The molecule has 0 amide bonds. The third kappa shape index (κ3) is 1.95. The fourth-order valence-electron chi connectivity index (χ4n) is 2.12. The van der Waals surface area contributed by atoms with E-state index in [9.17, 15) is 0 Å². The normalized spacial score (nSPS) is 27.9. The first-order valence-corrected chi connectivity index (χ1v) is 5.30. The fourth-order valence-corrected chi connectivity index (χ4v) is 2.12. The second-order valence-corrected chi connectivity index (χ2v) is 4.13. The molecule has 0 spiro atoms. The summed E-state index contributed by atoms with van der Waals surface area (Å²) in [6, 6.07) is 0. The number of nitrogens with two attached hydrogens (primary N) is 1. The summed E-state index contributed by atoms with van der Waals surface area (Å²) < 4.78 is 5.18. The Kier molecular flexibility index (Phi) is 2.82. The zero-order valence-corrected chi connectivity index (χ0v) is 8.57. The molecule has 78 valence electrons. The van der Waals surface area contributed by atoms with Gasteiger partial charge in [0.05, 0.1) is 0 Å². The third-order valence-electron chi connectivity index (χ3n) is 3.07. The zero-order chi connectivity index (χ0) is 9.97. The monoisotopic (exact) mass is 195 g/mol. The first-order valence-electron chi connectivity index (χ1n) is 5.30. The van der Waals surface area contributed by atoms with Crippen molar-refractivity contribution in [2.75, 3.05) is 6.54 Å². The van der Waals surface area contributed by atoms with Crippen molar-refractivity contribution in [1.82, 2.24) is 10.1 Å². The molecule has 1 aliphatic rings. The van der Waals surface area contributed by atoms with Gasteiger partial charge in [0.15, 0.2) is 5.82 Å². The number of aryl methyl sites for hydroxylation is 1. The summed E-state index contributed by atoms with van der Waals surface area (Å²) in [4.78, 5) is 4.28. The quantitative estimate of drug-likeness (QED) is 0.778. The van der Waals surface area contributed by atoms with Gasteiger partial charge in [0, 0.05) is 5.92 Å². The maximum atomic E-state index is 5.64. The predicted molar refractivity (Wildman–Crippen MR) is 52.8 cm³/mol. The van der Waals surface area contributed by atoms with Crippen LogP contribution >= 0.6 is 0 Å². The lowest BCUT2D eigenvalue weighted by Gasteiger charge is -2.24. The highest BCUT2D eigenvalue weighted by molar-refractivity contribution is 4.95. The van der Waals surface area contributed by atoms with Gasteiger partial charge in [-0.3, -0.25) is 0 Å². The molecule has 0 radical (unpaired) electrons. The molecule has 1 heterocycles. The van der Waals surface area contributed by atoms with E-state index in [0.717, 1.165) is 31.1 Å². The average Bonchev–Trinajstić information content (AvgIpc) is 2.65. The molecule has 1 aromatic rings. The lowest BCUT2D eigenvalue weighted by molar-refractivity contribution is 0.274. The molecule has 0 bridgehead atoms. The van der Waals surface area contributed by atoms with Crippen LogP contribution in [-0.4, -0.2) is 16.7 Å². The van der Waals surface area contributed by atoms with Crippen molar-refractivity contribution >= 4 is 0 Å². The molecule has 0 unspecified atom stereocenters. The van der Waals surface area contributed by atoms with Gasteiger partial charge in [0.2, 0.25) is 5.89 Å². The Morgan fingerprint density at radius 3 is 2.57 bits per heavy atom. The molecule has 1 saturated carbocycles. The fraction of sp³-hybridized carbons (Fsp3) is 0.800. The topological polar surface area (TPSA) is 64.9 Å². The van der Waals surface area contributed by atoms with Crippen molar-refractivity contribution in [1.29, 1.82) is 0 Å². The van der Waals surface area contributed by atoms with Crippen LogP contribution in [0.5, 0.6) is 0 Å². The molecule has 2 rings (SSSR count). The molecular formula is C10H17N3O. The van der Waals surface area contributed by atoms with E-state index in [-0.39, 0.29) is 0 Å². The van der Waals surface area contributed by atoms with Crippen molar-refractivity contribution in [3.63, 3.8) is 0 Å². The van der Waals surface area contributed by atoms with Crippen molar-refractivity contribution in [3.8, 4) is 0 Å². The molecular weight excluding hydrogens is 178 g/mol. The number of hydrogen-bond donors (Lipinski definition) is 1. The van der Waals surface area contributed by atoms with Gasteiger partial charge in [-0.2, -0.15) is 4.98 Å². The second-order valence-electron chi connectivity index (χ2n) is 4.13. The molecule has 4 heteroatoms. The van der Waals surface area contributed by atoms with Gasteiger partial charge >= 0.3 is 0 Å². The third-order valence-corrected chi connectivity index (χ3v) is 3.07. The van der Waals surface area contributed by atoms with Crippen LogP contribution in [-0.2, 0) is 0 Å². The van der Waals surface area contributed by atoms with Crippen molar-refractivity contribution in [2.24, 2.45) is 11.7 Å². The Bertz CT molecular complexity index is 289. The van der Waals surface area contributed by atoms with Gasteiger partial charge in [-0.25, -0.2) is 0 Å². The standard InChI is InChI=1S/C10H17N3O/c1-7-12-10(14-13-7)9-4-2-8(6-11)3-5-9/h8-9H,2-6,11H2,1H3. The van der Waals surface area contributed by atoms with Gasteiger partial charge in [-0.1, -0.05) is 5.16 Å². The van der Waals surface area contributed by atoms with Gasteiger partial charge < -0.3 is 10.3 Å². The van der Waals surface area contributed by atoms with Crippen LogP contribution < -0.4 is 5.73 Å². The number of rotatable bonds is 2. The minimum atomic E-state index is 0.471. The summed E-state index contributed by atoms with van der Waals surface area (Å²) in [5.41, 5.74) is 5.64. The summed E-state index contributed by atoms with van der Waals surface area (Å²) >= 11 is 0. The Morgan fingerprint density at radius 2 is 2.07 bits per heavy atom. The highest BCUT2D eigenvalue weighted by Crippen LogP contribution is 2.34. The van der Waals surface area contributed by atoms with Gasteiger partial charge in [-0.15, -0.1) is 0 Å². The van der Waals surface area contributed by atoms with E-state index in [4.69, 9.17) is 10.3 Å². The summed E-state index contributed by atoms with van der Waals surface area (Å²) in [6.07, 6.45) is 4.68. The molecule has 0 aromatic carbocycles. The van der Waals surface area contributed by atoms with Gasteiger partial charge in [0.1, 0.15) is 0 Å². The first-order chi connectivity index (χ1) is 6.79. The summed E-state index contributed by atoms with van der Waals surface area (Å²) in [6.45, 7) is 2.67. The van der Waals surface area contributed by atoms with E-state index in [0.29, 0.717) is 11.8 Å². The predicted octanol–water partition coefficient (Wildman–Crippen LogP) is 1.61. The molecule has 0 aliphatic heterocycles. The number of hydrogen-bond acceptors (Lipinski definition) is 4. The molecule has 1 aliphatic carbocycles. The van der Waals surface area contributed by atoms with Crippen LogP contribution in [0.3, 0.4) is 0 Å². The van der Waals surface area contributed by atoms with E-state index in [1.54, 1.807) is 0 Å². The van der Waals surface area contributed by atoms with Crippen LogP contribution in [0.1, 0.15) is 43.3 Å². The van der Waals surface area contributed by atoms with E-state index in [1.807, 2.05) is 6.92 Å². The highest BCUT2D eigenvalue weighted by atomic mass is 16.5. The Hall–Kier alpha value is -0.900. The molecule has 1 aromatic heterocycles. The number of nitrogens with zero attached hydrogens (tertiary/aromatic N) is 2. The lowest BCUT2D eigenvalue weighted by Crippen LogP contribution is -2.20. The molecule has 4 nitrogen and oxygen atoms in total. The zero-order valence-electron chi connectivity index (χ0n) is 8.57. The van der Waals surface area contributed by atoms with E-state index >= 15 is 0 Å². The first kappa shape index (κ1) is 9.65.